The average Bonchev–Trinajstić information content (AvgIpc) is 3.74. The Kier molecular flexibility index (Phi) is 7.06. The Morgan fingerprint density at radius 3 is 2.05 bits per heavy atom. The second-order valence-electron chi connectivity index (χ2n) is 17.5. The first kappa shape index (κ1) is 27.7. The van der Waals surface area contributed by atoms with Crippen LogP contribution in [0.2, 0.25) is 0 Å². The number of fused-ring (bicyclic) bond motifs is 1. The van der Waals surface area contributed by atoms with Gasteiger partial charge in [0, 0.05) is 25.5 Å². The standard InChI is InChI=1S/C58H53N3O/c1-37-24-26-39(27-25-37)41-30-31-59-50(36-41)44-33-43(34-45(35-44)57(3,4)5)47-20-15-22-52-55(47)60-56(48-18-12-13-23-53(48)62)61(52)51-29-28-42(32-38(51)2)54-46(40-16-10-9-11-17-40)19-14-21-49(54)58(6,7)8/h9-36,62H,1-8H3/i1D3,2D3,24D,25D,26D,27D,30D,31D,36D. The summed E-state index contributed by atoms with van der Waals surface area (Å²) in [5, 5.41) is 11.5. The zero-order valence-corrected chi connectivity index (χ0v) is 35.4. The lowest BCUT2D eigenvalue weighted by atomic mass is 9.78. The Hall–Kier alpha value is -7.04. The molecule has 0 saturated heterocycles. The summed E-state index contributed by atoms with van der Waals surface area (Å²) >= 11 is 0. The number of phenols is 1. The van der Waals surface area contributed by atoms with E-state index in [9.17, 15) is 6.48 Å². The van der Waals surface area contributed by atoms with Crippen LogP contribution in [-0.4, -0.2) is 19.6 Å². The van der Waals surface area contributed by atoms with Crippen molar-refractivity contribution >= 4 is 11.0 Å². The number of rotatable bonds is 7. The van der Waals surface area contributed by atoms with E-state index in [1.807, 2.05) is 93.6 Å². The summed E-state index contributed by atoms with van der Waals surface area (Å²) in [6, 6.07) is 34.9. The Morgan fingerprint density at radius 2 is 1.31 bits per heavy atom. The molecule has 0 atom stereocenters. The fourth-order valence-corrected chi connectivity index (χ4v) is 8.02. The minimum Gasteiger partial charge on any atom is -0.507 e. The molecule has 2 heterocycles. The SMILES string of the molecule is [2H]c1nc(-c2cc(-c3cccc4c3nc(-c3ccccc3O)n4-c3ccc(-c4c(-c5ccccc5)cccc4C(C)(C)C)cc3C([2H])([2H])[2H])cc(C(C)(C)C)c2)c([2H])c(-c2c([2H])c([2H])c(C([2H])([2H])[2H])c([2H])c2[2H])c1[2H]. The van der Waals surface area contributed by atoms with Gasteiger partial charge in [-0.25, -0.2) is 4.98 Å². The summed E-state index contributed by atoms with van der Waals surface area (Å²) < 4.78 is 115. The Balaban J connectivity index is 1.31. The summed E-state index contributed by atoms with van der Waals surface area (Å²) in [4.78, 5) is 9.65. The third-order valence-corrected chi connectivity index (χ3v) is 11.2. The van der Waals surface area contributed by atoms with Crippen molar-refractivity contribution in [2.24, 2.45) is 0 Å². The maximum absolute atomic E-state index is 11.5. The van der Waals surface area contributed by atoms with Crippen molar-refractivity contribution in [2.75, 3.05) is 0 Å². The maximum atomic E-state index is 11.5. The third kappa shape index (κ3) is 7.62. The molecule has 0 aliphatic carbocycles. The molecule has 4 nitrogen and oxygen atoms in total. The molecular formula is C58H53N3O. The summed E-state index contributed by atoms with van der Waals surface area (Å²) in [6.45, 7) is 6.72. The number of hydrogen-bond acceptors (Lipinski definition) is 3. The predicted molar refractivity (Wildman–Crippen MR) is 260 cm³/mol. The van der Waals surface area contributed by atoms with Gasteiger partial charge in [-0.2, -0.15) is 0 Å². The van der Waals surface area contributed by atoms with Crippen LogP contribution in [0, 0.1) is 13.7 Å². The number of aromatic nitrogens is 3. The van der Waals surface area contributed by atoms with Crippen LogP contribution in [0.5, 0.6) is 5.75 Å². The first-order valence-corrected chi connectivity index (χ1v) is 20.5. The van der Waals surface area contributed by atoms with Crippen LogP contribution in [-0.2, 0) is 10.8 Å². The Labute approximate surface area is 384 Å². The first-order chi connectivity index (χ1) is 35.1. The van der Waals surface area contributed by atoms with Gasteiger partial charge in [-0.1, -0.05) is 156 Å². The molecule has 0 saturated carbocycles. The van der Waals surface area contributed by atoms with Crippen molar-refractivity contribution in [3.63, 3.8) is 0 Å². The second kappa shape index (κ2) is 15.8. The van der Waals surface area contributed by atoms with Gasteiger partial charge >= 0.3 is 0 Å². The molecule has 0 spiro atoms. The van der Waals surface area contributed by atoms with Gasteiger partial charge in [0.2, 0.25) is 0 Å². The zero-order valence-electron chi connectivity index (χ0n) is 48.4. The Morgan fingerprint density at radius 1 is 0.581 bits per heavy atom. The quantitative estimate of drug-likeness (QED) is 0.174. The minimum atomic E-state index is -2.99. The third-order valence-electron chi connectivity index (χ3n) is 11.2. The molecule has 0 aliphatic heterocycles. The van der Waals surface area contributed by atoms with Crippen molar-refractivity contribution in [3.05, 3.63) is 192 Å². The molecule has 62 heavy (non-hydrogen) atoms. The monoisotopic (exact) mass is 821 g/mol. The summed E-state index contributed by atoms with van der Waals surface area (Å²) in [7, 11) is 0. The molecule has 0 fully saturated rings. The van der Waals surface area contributed by atoms with Crippen molar-refractivity contribution in [1.82, 2.24) is 14.5 Å². The van der Waals surface area contributed by atoms with E-state index >= 15 is 0 Å². The average molecular weight is 821 g/mol. The van der Waals surface area contributed by atoms with Crippen molar-refractivity contribution in [2.45, 2.75) is 66.1 Å². The highest BCUT2D eigenvalue weighted by molar-refractivity contribution is 5.97. The molecule has 0 aliphatic rings. The molecule has 0 bridgehead atoms. The van der Waals surface area contributed by atoms with Gasteiger partial charge in [-0.05, 0) is 135 Å². The van der Waals surface area contributed by atoms with Crippen LogP contribution in [0.25, 0.3) is 83.9 Å². The number of phenolic OH excluding ortho intramolecular Hbond substituents is 1. The lowest BCUT2D eigenvalue weighted by Crippen LogP contribution is -2.13. The molecule has 0 radical (unpaired) electrons. The van der Waals surface area contributed by atoms with Crippen LogP contribution >= 0.6 is 0 Å². The smallest absolute Gasteiger partial charge is 0.149 e. The van der Waals surface area contributed by atoms with Gasteiger partial charge in [0.15, 0.2) is 0 Å². The van der Waals surface area contributed by atoms with E-state index in [2.05, 4.69) is 31.8 Å². The highest BCUT2D eigenvalue weighted by Crippen LogP contribution is 2.44. The van der Waals surface area contributed by atoms with Crippen LogP contribution in [0.15, 0.2) is 170 Å². The van der Waals surface area contributed by atoms with Crippen LogP contribution in [0.4, 0.5) is 0 Å². The van der Waals surface area contributed by atoms with Gasteiger partial charge in [-0.3, -0.25) is 9.55 Å². The van der Waals surface area contributed by atoms with Crippen LogP contribution < -0.4 is 0 Å². The summed E-state index contributed by atoms with van der Waals surface area (Å²) in [6.07, 6.45) is -0.613. The molecule has 7 aromatic carbocycles. The largest absolute Gasteiger partial charge is 0.507 e. The highest BCUT2D eigenvalue weighted by Gasteiger charge is 2.25. The van der Waals surface area contributed by atoms with Crippen molar-refractivity contribution in [3.8, 4) is 78.6 Å². The van der Waals surface area contributed by atoms with Gasteiger partial charge in [0.1, 0.15) is 11.6 Å². The van der Waals surface area contributed by atoms with Crippen LogP contribution in [0.1, 0.15) is 81.6 Å². The van der Waals surface area contributed by atoms with Gasteiger partial charge < -0.3 is 5.11 Å². The summed E-state index contributed by atoms with van der Waals surface area (Å²) in [5.74, 6) is 0.171. The number of hydrogen-bond donors (Lipinski definition) is 1. The van der Waals surface area contributed by atoms with Crippen molar-refractivity contribution in [1.29, 1.82) is 0 Å². The first-order valence-electron chi connectivity index (χ1n) is 27.0. The number of para-hydroxylation sites is 2. The fraction of sp³-hybridized carbons (Fsp3) is 0.172. The maximum Gasteiger partial charge on any atom is 0.149 e. The van der Waals surface area contributed by atoms with E-state index in [1.54, 1.807) is 47.0 Å². The molecule has 9 rings (SSSR count). The second-order valence-corrected chi connectivity index (χ2v) is 17.5. The molecule has 306 valence electrons. The van der Waals surface area contributed by atoms with Crippen molar-refractivity contribution < 1.29 is 22.9 Å². The number of pyridine rings is 1. The van der Waals surface area contributed by atoms with E-state index in [-0.39, 0.29) is 28.2 Å². The molecule has 2 aromatic heterocycles. The lowest BCUT2D eigenvalue weighted by Gasteiger charge is -2.26. The molecule has 9 aromatic rings. The predicted octanol–water partition coefficient (Wildman–Crippen LogP) is 15.3. The van der Waals surface area contributed by atoms with Gasteiger partial charge in [0.25, 0.3) is 0 Å². The lowest BCUT2D eigenvalue weighted by molar-refractivity contribution is 0.477. The van der Waals surface area contributed by atoms with E-state index in [0.717, 1.165) is 27.8 Å². The normalized spacial score (nSPS) is 15.4. The van der Waals surface area contributed by atoms with E-state index < -0.39 is 78.2 Å². The minimum absolute atomic E-state index is 0.0461. The molecule has 4 heteroatoms. The zero-order chi connectivity index (χ0) is 54.4. The fourth-order valence-electron chi connectivity index (χ4n) is 8.02. The Bertz CT molecular complexity index is 3720. The van der Waals surface area contributed by atoms with Gasteiger partial charge in [-0.15, -0.1) is 0 Å². The van der Waals surface area contributed by atoms with E-state index in [1.165, 1.54) is 6.07 Å². The molecule has 1 N–H and O–H groups in total. The van der Waals surface area contributed by atoms with Crippen LogP contribution in [0.3, 0.4) is 0 Å². The molecule has 0 amide bonds. The topological polar surface area (TPSA) is 50.9 Å². The number of aromatic hydroxyl groups is 1. The number of imidazole rings is 1. The number of nitrogens with zero attached hydrogens (tertiary/aromatic N) is 3. The number of benzene rings is 7. The highest BCUT2D eigenvalue weighted by atomic mass is 16.3. The van der Waals surface area contributed by atoms with Gasteiger partial charge in [0.05, 0.1) is 37.6 Å². The summed E-state index contributed by atoms with van der Waals surface area (Å²) in [5.41, 5.74) is 5.75. The number of aryl methyl sites for hydroxylation is 1. The molecule has 0 unspecified atom stereocenters. The van der Waals surface area contributed by atoms with E-state index in [4.69, 9.17) is 21.4 Å². The molecular weight excluding hydrogens is 755 g/mol. The van der Waals surface area contributed by atoms with E-state index in [0.29, 0.717) is 44.5 Å².